The molecule has 1 N–H and O–H groups in total. The third kappa shape index (κ3) is 8.60. The van der Waals surface area contributed by atoms with Gasteiger partial charge in [-0.25, -0.2) is 14.8 Å². The number of carbonyl (C=O) groups is 2. The number of likely N-dealkylation sites (N-methyl/N-ethyl adjacent to an activating group) is 1. The van der Waals surface area contributed by atoms with Crippen LogP contribution in [-0.4, -0.2) is 81.1 Å². The van der Waals surface area contributed by atoms with E-state index in [-0.39, 0.29) is 42.1 Å². The lowest BCUT2D eigenvalue weighted by molar-refractivity contribution is -0.144. The highest BCUT2D eigenvalue weighted by atomic mass is 19.4. The van der Waals surface area contributed by atoms with Crippen LogP contribution in [0.5, 0.6) is 0 Å². The van der Waals surface area contributed by atoms with Crippen molar-refractivity contribution in [1.82, 2.24) is 19.9 Å². The first-order chi connectivity index (χ1) is 23.6. The van der Waals surface area contributed by atoms with Crippen LogP contribution in [0.15, 0.2) is 35.7 Å². The number of halogens is 6. The summed E-state index contributed by atoms with van der Waals surface area (Å²) in [6.45, 7) is 4.06. The second-order valence-electron chi connectivity index (χ2n) is 13.4. The van der Waals surface area contributed by atoms with E-state index < -0.39 is 53.6 Å². The van der Waals surface area contributed by atoms with Crippen molar-refractivity contribution in [3.05, 3.63) is 52.8 Å². The van der Waals surface area contributed by atoms with Gasteiger partial charge < -0.3 is 19.6 Å². The molecule has 2 aliphatic heterocycles. The van der Waals surface area contributed by atoms with Gasteiger partial charge in [-0.3, -0.25) is 9.80 Å². The van der Waals surface area contributed by atoms with Crippen LogP contribution in [0, 0.1) is 5.92 Å². The molecule has 50 heavy (non-hydrogen) atoms. The Morgan fingerprint density at radius 2 is 1.48 bits per heavy atom. The number of likely N-dealkylation sites (tertiary alicyclic amines) is 1. The maximum atomic E-state index is 13.8. The van der Waals surface area contributed by atoms with Crippen molar-refractivity contribution in [3.63, 3.8) is 0 Å². The lowest BCUT2D eigenvalue weighted by Gasteiger charge is -2.47. The van der Waals surface area contributed by atoms with Crippen LogP contribution >= 0.6 is 0 Å². The molecule has 1 saturated heterocycles. The zero-order chi connectivity index (χ0) is 36.4. The van der Waals surface area contributed by atoms with Crippen LogP contribution in [0.3, 0.4) is 0 Å². The molecule has 0 spiro atoms. The minimum Gasteiger partial charge on any atom is -0.481 e. The predicted octanol–water partition coefficient (Wildman–Crippen LogP) is 7.34. The number of hydrogen-bond acceptors (Lipinski definition) is 8. The molecule has 1 aliphatic carbocycles. The molecule has 2 aromatic rings. The molecule has 274 valence electrons. The minimum atomic E-state index is -5.01. The molecule has 3 heterocycles. The van der Waals surface area contributed by atoms with E-state index in [1.165, 1.54) is 0 Å². The average Bonchev–Trinajstić information content (AvgIpc) is 3.52. The third-order valence-corrected chi connectivity index (χ3v) is 10.0. The molecule has 3 aliphatic rings. The number of rotatable bonds is 9. The molecule has 0 radical (unpaired) electrons. The fourth-order valence-corrected chi connectivity index (χ4v) is 7.27. The fraction of sp³-hybridized carbons (Fsp3) is 0.618. The van der Waals surface area contributed by atoms with Crippen LogP contribution in [0.1, 0.15) is 93.4 Å². The quantitative estimate of drug-likeness (QED) is 0.269. The van der Waals surface area contributed by atoms with Crippen LogP contribution in [0.4, 0.5) is 37.1 Å². The average molecular weight is 713 g/mol. The smallest absolute Gasteiger partial charge is 0.416 e. The lowest BCUT2D eigenvalue weighted by atomic mass is 9.87. The standard InChI is InChI=1S/C34H42F6N6O4/c1-4-26-13-28(14-27(5-2)46(26)32(49)50-29-8-6-21(7-9-29)30(47)48)45(31-41-15-22(16-42-31)23-17-43-44(3)19-23)18-20-10-24(33(35,36)37)12-25(11-20)34(38,39)40/h10-12,15-17,21,23,26-29H,4-9,13-14,18-19H2,1-3H3,(H,47,48)/t21?,23?,26-,27+,28?,29?. The van der Waals surface area contributed by atoms with E-state index in [0.29, 0.717) is 57.9 Å². The van der Waals surface area contributed by atoms with Crippen molar-refractivity contribution in [3.8, 4) is 0 Å². The Morgan fingerprint density at radius 1 is 0.920 bits per heavy atom. The van der Waals surface area contributed by atoms with Gasteiger partial charge in [-0.05, 0) is 80.7 Å². The van der Waals surface area contributed by atoms with Crippen molar-refractivity contribution < 1.29 is 45.8 Å². The number of piperidine rings is 1. The fourth-order valence-electron chi connectivity index (χ4n) is 7.27. The first-order valence-electron chi connectivity index (χ1n) is 16.9. The van der Waals surface area contributed by atoms with E-state index in [4.69, 9.17) is 4.74 Å². The molecule has 5 rings (SSSR count). The number of carboxylic acid groups (broad SMARTS) is 1. The van der Waals surface area contributed by atoms with Gasteiger partial charge in [-0.15, -0.1) is 0 Å². The lowest BCUT2D eigenvalue weighted by Crippen LogP contribution is -2.57. The Morgan fingerprint density at radius 3 is 1.94 bits per heavy atom. The molecule has 16 heteroatoms. The normalized spacial score (nSPS) is 25.9. The molecular formula is C34H42F6N6O4. The Balaban J connectivity index is 1.44. The highest BCUT2D eigenvalue weighted by molar-refractivity contribution is 5.71. The van der Waals surface area contributed by atoms with E-state index in [9.17, 15) is 41.0 Å². The summed E-state index contributed by atoms with van der Waals surface area (Å²) in [6, 6.07) is 0.386. The first kappa shape index (κ1) is 37.2. The van der Waals surface area contributed by atoms with Gasteiger partial charge in [0, 0.05) is 62.8 Å². The van der Waals surface area contributed by atoms with Crippen molar-refractivity contribution >= 4 is 24.2 Å². The summed E-state index contributed by atoms with van der Waals surface area (Å²) in [4.78, 5) is 37.5. The Kier molecular flexibility index (Phi) is 11.2. The molecule has 0 bridgehead atoms. The number of nitrogens with zero attached hydrogens (tertiary/aromatic N) is 6. The number of alkyl halides is 6. The number of carbonyl (C=O) groups excluding carboxylic acids is 1. The summed E-state index contributed by atoms with van der Waals surface area (Å²) < 4.78 is 88.8. The summed E-state index contributed by atoms with van der Waals surface area (Å²) in [7, 11) is 1.82. The number of ether oxygens (including phenoxy) is 1. The number of aromatic nitrogens is 2. The maximum absolute atomic E-state index is 13.8. The van der Waals surface area contributed by atoms with E-state index >= 15 is 0 Å². The van der Waals surface area contributed by atoms with Gasteiger partial charge in [0.05, 0.1) is 17.0 Å². The number of hydrazone groups is 1. The Hall–Kier alpha value is -4.11. The summed E-state index contributed by atoms with van der Waals surface area (Å²) in [6.07, 6.45) is -2.60. The molecule has 2 unspecified atom stereocenters. The van der Waals surface area contributed by atoms with Gasteiger partial charge in [-0.1, -0.05) is 13.8 Å². The molecular weight excluding hydrogens is 670 g/mol. The SMILES string of the molecule is CC[C@@H]1CC(N(Cc2cc(C(F)(F)F)cc(C(F)(F)F)c2)c2ncc(C3C=NN(C)C3)cn2)C[C@H](CC)N1C(=O)OC1CCC(C(=O)O)CC1. The van der Waals surface area contributed by atoms with E-state index in [2.05, 4.69) is 15.1 Å². The number of hydrogen-bond donors (Lipinski definition) is 1. The van der Waals surface area contributed by atoms with Crippen LogP contribution < -0.4 is 4.90 Å². The summed E-state index contributed by atoms with van der Waals surface area (Å²) in [5, 5.41) is 15.3. The number of benzene rings is 1. The molecule has 4 atom stereocenters. The molecule has 1 amide bonds. The molecule has 1 aromatic heterocycles. The molecule has 1 aromatic carbocycles. The van der Waals surface area contributed by atoms with E-state index in [1.54, 1.807) is 33.4 Å². The first-order valence-corrected chi connectivity index (χ1v) is 16.9. The maximum Gasteiger partial charge on any atom is 0.416 e. The van der Waals surface area contributed by atoms with Crippen molar-refractivity contribution in [2.24, 2.45) is 11.0 Å². The van der Waals surface area contributed by atoms with Crippen LogP contribution in [-0.2, 0) is 28.4 Å². The summed E-state index contributed by atoms with van der Waals surface area (Å²) >= 11 is 0. The predicted molar refractivity (Wildman–Crippen MR) is 171 cm³/mol. The topological polar surface area (TPSA) is 111 Å². The zero-order valence-electron chi connectivity index (χ0n) is 28.1. The third-order valence-electron chi connectivity index (χ3n) is 10.0. The zero-order valence-corrected chi connectivity index (χ0v) is 28.1. The second kappa shape index (κ2) is 15.0. The number of carboxylic acids is 1. The van der Waals surface area contributed by atoms with Gasteiger partial charge >= 0.3 is 24.4 Å². The van der Waals surface area contributed by atoms with Crippen molar-refractivity contribution in [1.29, 1.82) is 0 Å². The monoisotopic (exact) mass is 712 g/mol. The van der Waals surface area contributed by atoms with Crippen LogP contribution in [0.2, 0.25) is 0 Å². The Labute approximate surface area is 286 Å². The van der Waals surface area contributed by atoms with Crippen molar-refractivity contribution in [2.45, 2.75) is 114 Å². The van der Waals surface area contributed by atoms with Gasteiger partial charge in [0.1, 0.15) is 6.10 Å². The van der Waals surface area contributed by atoms with Gasteiger partial charge in [-0.2, -0.15) is 31.4 Å². The summed E-state index contributed by atoms with van der Waals surface area (Å²) in [5.41, 5.74) is -2.26. The largest absolute Gasteiger partial charge is 0.481 e. The molecule has 10 nitrogen and oxygen atoms in total. The highest BCUT2D eigenvalue weighted by Crippen LogP contribution is 2.39. The molecule has 2 fully saturated rings. The van der Waals surface area contributed by atoms with Gasteiger partial charge in [0.15, 0.2) is 0 Å². The second-order valence-corrected chi connectivity index (χ2v) is 13.4. The van der Waals surface area contributed by atoms with Crippen LogP contribution in [0.25, 0.3) is 0 Å². The minimum absolute atomic E-state index is 0.0808. The van der Waals surface area contributed by atoms with E-state index in [0.717, 1.165) is 17.7 Å². The number of amides is 1. The van der Waals surface area contributed by atoms with Gasteiger partial charge in [0.2, 0.25) is 5.95 Å². The van der Waals surface area contributed by atoms with Crippen molar-refractivity contribution in [2.75, 3.05) is 18.5 Å². The highest BCUT2D eigenvalue weighted by Gasteiger charge is 2.42. The van der Waals surface area contributed by atoms with E-state index in [1.807, 2.05) is 20.9 Å². The summed E-state index contributed by atoms with van der Waals surface area (Å²) in [5.74, 6) is -1.27. The number of anilines is 1. The Bertz CT molecular complexity index is 1480. The van der Waals surface area contributed by atoms with Gasteiger partial charge in [0.25, 0.3) is 0 Å². The number of aliphatic carboxylic acids is 1. The molecule has 1 saturated carbocycles.